The third kappa shape index (κ3) is 4.41. The van der Waals surface area contributed by atoms with Crippen molar-refractivity contribution in [1.82, 2.24) is 24.4 Å². The van der Waals surface area contributed by atoms with Crippen molar-refractivity contribution in [2.75, 3.05) is 13.7 Å². The minimum absolute atomic E-state index is 0.0383. The first-order valence-electron chi connectivity index (χ1n) is 11.5. The van der Waals surface area contributed by atoms with Crippen LogP contribution in [0.15, 0.2) is 73.2 Å². The minimum atomic E-state index is -0.0629. The molecule has 0 saturated carbocycles. The van der Waals surface area contributed by atoms with Crippen LogP contribution in [-0.4, -0.2) is 44.0 Å². The van der Waals surface area contributed by atoms with Gasteiger partial charge in [0.2, 0.25) is 0 Å². The van der Waals surface area contributed by atoms with E-state index in [2.05, 4.69) is 14.5 Å². The Kier molecular flexibility index (Phi) is 6.08. The fourth-order valence-electron chi connectivity index (χ4n) is 4.49. The molecular formula is C27H27N5O2. The lowest BCUT2D eigenvalue weighted by molar-refractivity contribution is 0.0732. The number of carbonyl (C=O) groups is 1. The van der Waals surface area contributed by atoms with Crippen LogP contribution in [0.5, 0.6) is 5.75 Å². The quantitative estimate of drug-likeness (QED) is 0.424. The summed E-state index contributed by atoms with van der Waals surface area (Å²) in [7, 11) is 1.65. The lowest BCUT2D eigenvalue weighted by atomic mass is 10.1. The van der Waals surface area contributed by atoms with Crippen molar-refractivity contribution in [1.29, 1.82) is 0 Å². The standard InChI is InChI=1S/C27H27N5O2/c1-19-28-14-16-31(19)18-20-5-3-6-22(17-20)27(33)32-15-4-7-25(32)24-12-13-29-26(30-24)21-8-10-23(34-2)11-9-21/h3,5-6,8-14,16-17,25H,4,7,15,18H2,1-2H3/t25-/m1/s1. The average Bonchev–Trinajstić information content (AvgIpc) is 3.53. The van der Waals surface area contributed by atoms with Crippen LogP contribution in [0.25, 0.3) is 11.4 Å². The van der Waals surface area contributed by atoms with Crippen LogP contribution in [0, 0.1) is 6.92 Å². The minimum Gasteiger partial charge on any atom is -0.497 e. The molecule has 1 saturated heterocycles. The molecule has 2 aromatic heterocycles. The van der Waals surface area contributed by atoms with Gasteiger partial charge in [0.05, 0.1) is 18.8 Å². The number of amides is 1. The molecule has 5 rings (SSSR count). The number of hydrogen-bond acceptors (Lipinski definition) is 5. The second-order valence-electron chi connectivity index (χ2n) is 8.49. The molecule has 7 heteroatoms. The fraction of sp³-hybridized carbons (Fsp3) is 0.259. The lowest BCUT2D eigenvalue weighted by Gasteiger charge is -2.25. The largest absolute Gasteiger partial charge is 0.497 e. The van der Waals surface area contributed by atoms with Crippen molar-refractivity contribution in [2.24, 2.45) is 0 Å². The predicted octanol–water partition coefficient (Wildman–Crippen LogP) is 4.68. The smallest absolute Gasteiger partial charge is 0.254 e. The highest BCUT2D eigenvalue weighted by Gasteiger charge is 2.32. The maximum atomic E-state index is 13.5. The Morgan fingerprint density at radius 2 is 1.94 bits per heavy atom. The Morgan fingerprint density at radius 3 is 2.71 bits per heavy atom. The van der Waals surface area contributed by atoms with Crippen LogP contribution >= 0.6 is 0 Å². The summed E-state index contributed by atoms with van der Waals surface area (Å²) < 4.78 is 7.32. The van der Waals surface area contributed by atoms with Crippen molar-refractivity contribution >= 4 is 5.91 Å². The number of aryl methyl sites for hydroxylation is 1. The van der Waals surface area contributed by atoms with Crippen molar-refractivity contribution in [3.05, 3.63) is 95.8 Å². The summed E-state index contributed by atoms with van der Waals surface area (Å²) in [6.45, 7) is 3.38. The monoisotopic (exact) mass is 453 g/mol. The number of rotatable bonds is 6. The number of likely N-dealkylation sites (tertiary alicyclic amines) is 1. The number of imidazole rings is 1. The normalized spacial score (nSPS) is 15.5. The van der Waals surface area contributed by atoms with E-state index >= 15 is 0 Å². The molecule has 0 radical (unpaired) electrons. The summed E-state index contributed by atoms with van der Waals surface area (Å²) >= 11 is 0. The van der Waals surface area contributed by atoms with E-state index in [0.29, 0.717) is 17.9 Å². The van der Waals surface area contributed by atoms with Gasteiger partial charge in [-0.15, -0.1) is 0 Å². The lowest BCUT2D eigenvalue weighted by Crippen LogP contribution is -2.31. The van der Waals surface area contributed by atoms with E-state index in [1.165, 1.54) is 0 Å². The van der Waals surface area contributed by atoms with Gasteiger partial charge in [0, 0.05) is 42.8 Å². The van der Waals surface area contributed by atoms with Crippen molar-refractivity contribution in [3.63, 3.8) is 0 Å². The molecule has 3 heterocycles. The van der Waals surface area contributed by atoms with Gasteiger partial charge in [-0.25, -0.2) is 15.0 Å². The molecule has 0 N–H and O–H groups in total. The Balaban J connectivity index is 1.37. The molecule has 1 atom stereocenters. The Labute approximate surface area is 199 Å². The first-order chi connectivity index (χ1) is 16.6. The second kappa shape index (κ2) is 9.47. The summed E-state index contributed by atoms with van der Waals surface area (Å²) in [5.74, 6) is 2.43. The number of hydrogen-bond donors (Lipinski definition) is 0. The molecule has 4 aromatic rings. The molecule has 1 fully saturated rings. The van der Waals surface area contributed by atoms with Gasteiger partial charge in [0.1, 0.15) is 11.6 Å². The number of methoxy groups -OCH3 is 1. The highest BCUT2D eigenvalue weighted by molar-refractivity contribution is 5.94. The highest BCUT2D eigenvalue weighted by Crippen LogP contribution is 2.33. The van der Waals surface area contributed by atoms with Gasteiger partial charge in [-0.3, -0.25) is 4.79 Å². The number of carbonyl (C=O) groups excluding carboxylic acids is 1. The van der Waals surface area contributed by atoms with Crippen molar-refractivity contribution in [3.8, 4) is 17.1 Å². The molecule has 1 aliphatic heterocycles. The third-order valence-electron chi connectivity index (χ3n) is 6.33. The van der Waals surface area contributed by atoms with E-state index in [-0.39, 0.29) is 11.9 Å². The Morgan fingerprint density at radius 1 is 1.09 bits per heavy atom. The maximum Gasteiger partial charge on any atom is 0.254 e. The van der Waals surface area contributed by atoms with Gasteiger partial charge in [0.15, 0.2) is 5.82 Å². The molecule has 0 bridgehead atoms. The molecule has 0 spiro atoms. The van der Waals surface area contributed by atoms with Gasteiger partial charge < -0.3 is 14.2 Å². The first-order valence-corrected chi connectivity index (χ1v) is 11.5. The van der Waals surface area contributed by atoms with Gasteiger partial charge in [0.25, 0.3) is 5.91 Å². The number of ether oxygens (including phenoxy) is 1. The Hall–Kier alpha value is -4.00. The van der Waals surface area contributed by atoms with Gasteiger partial charge in [-0.1, -0.05) is 12.1 Å². The van der Waals surface area contributed by atoms with Crippen molar-refractivity contribution in [2.45, 2.75) is 32.4 Å². The SMILES string of the molecule is COc1ccc(-c2nccc([C@H]3CCCN3C(=O)c3cccc(Cn4ccnc4C)c3)n2)cc1. The summed E-state index contributed by atoms with van der Waals surface area (Å²) in [5, 5.41) is 0. The highest BCUT2D eigenvalue weighted by atomic mass is 16.5. The maximum absolute atomic E-state index is 13.5. The molecule has 7 nitrogen and oxygen atoms in total. The van der Waals surface area contributed by atoms with Crippen LogP contribution in [0.2, 0.25) is 0 Å². The number of aromatic nitrogens is 4. The van der Waals surface area contributed by atoms with Crippen LogP contribution < -0.4 is 4.74 Å². The van der Waals surface area contributed by atoms with E-state index in [1.54, 1.807) is 19.5 Å². The van der Waals surface area contributed by atoms with Crippen LogP contribution in [0.3, 0.4) is 0 Å². The molecular weight excluding hydrogens is 426 g/mol. The van der Waals surface area contributed by atoms with E-state index in [9.17, 15) is 4.79 Å². The number of nitrogens with zero attached hydrogens (tertiary/aromatic N) is 5. The predicted molar refractivity (Wildman–Crippen MR) is 130 cm³/mol. The van der Waals surface area contributed by atoms with Gasteiger partial charge in [-0.05, 0) is 67.8 Å². The zero-order valence-corrected chi connectivity index (χ0v) is 19.4. The van der Waals surface area contributed by atoms with Gasteiger partial charge in [-0.2, -0.15) is 0 Å². The van der Waals surface area contributed by atoms with Crippen LogP contribution in [-0.2, 0) is 6.54 Å². The molecule has 2 aromatic carbocycles. The topological polar surface area (TPSA) is 73.1 Å². The molecule has 34 heavy (non-hydrogen) atoms. The average molecular weight is 454 g/mol. The summed E-state index contributed by atoms with van der Waals surface area (Å²) in [6.07, 6.45) is 7.36. The molecule has 0 unspecified atom stereocenters. The molecule has 0 aliphatic carbocycles. The zero-order valence-electron chi connectivity index (χ0n) is 19.4. The summed E-state index contributed by atoms with van der Waals surface area (Å²) in [6, 6.07) is 17.4. The third-order valence-corrected chi connectivity index (χ3v) is 6.33. The van der Waals surface area contributed by atoms with E-state index in [4.69, 9.17) is 9.72 Å². The fourth-order valence-corrected chi connectivity index (χ4v) is 4.49. The Bertz CT molecular complexity index is 1300. The summed E-state index contributed by atoms with van der Waals surface area (Å²) in [4.78, 5) is 29.0. The van der Waals surface area contributed by atoms with E-state index in [1.807, 2.05) is 72.6 Å². The number of benzene rings is 2. The molecule has 1 amide bonds. The van der Waals surface area contributed by atoms with Gasteiger partial charge >= 0.3 is 0 Å². The first kappa shape index (κ1) is 21.8. The zero-order chi connectivity index (χ0) is 23.5. The summed E-state index contributed by atoms with van der Waals surface area (Å²) in [5.41, 5.74) is 3.57. The van der Waals surface area contributed by atoms with Crippen LogP contribution in [0.4, 0.5) is 0 Å². The molecule has 172 valence electrons. The van der Waals surface area contributed by atoms with E-state index < -0.39 is 0 Å². The van der Waals surface area contributed by atoms with E-state index in [0.717, 1.165) is 47.8 Å². The second-order valence-corrected chi connectivity index (χ2v) is 8.49. The van der Waals surface area contributed by atoms with Crippen LogP contribution in [0.1, 0.15) is 46.3 Å². The van der Waals surface area contributed by atoms with Crippen molar-refractivity contribution < 1.29 is 9.53 Å². The molecule has 1 aliphatic rings.